The molecule has 1 aromatic carbocycles. The molecule has 1 aromatic rings. The molecule has 0 bridgehead atoms. The van der Waals surface area contributed by atoms with Gasteiger partial charge in [-0.05, 0) is 55.9 Å². The van der Waals surface area contributed by atoms with Gasteiger partial charge in [-0.1, -0.05) is 0 Å². The third-order valence-electron chi connectivity index (χ3n) is 5.76. The summed E-state index contributed by atoms with van der Waals surface area (Å²) >= 11 is 0. The van der Waals surface area contributed by atoms with Crippen LogP contribution in [0.2, 0.25) is 0 Å². The maximum absolute atomic E-state index is 6.47. The quantitative estimate of drug-likeness (QED) is 0.644. The summed E-state index contributed by atoms with van der Waals surface area (Å²) in [4.78, 5) is 5.79. The summed E-state index contributed by atoms with van der Waals surface area (Å²) in [5.74, 6) is 0.982. The molecule has 0 spiro atoms. The average Bonchev–Trinajstić information content (AvgIpc) is 2.63. The van der Waals surface area contributed by atoms with Crippen molar-refractivity contribution in [2.24, 2.45) is 0 Å². The first-order valence-corrected chi connectivity index (χ1v) is 9.04. The van der Waals surface area contributed by atoms with E-state index in [9.17, 15) is 0 Å². The minimum atomic E-state index is 0.982. The highest BCUT2D eigenvalue weighted by Crippen LogP contribution is 2.43. The molecule has 3 nitrogen and oxygen atoms in total. The van der Waals surface area contributed by atoms with Crippen molar-refractivity contribution in [3.05, 3.63) is 46.3 Å². The van der Waals surface area contributed by atoms with Crippen LogP contribution in [0, 0.1) is 6.92 Å². The molecule has 1 aliphatic carbocycles. The zero-order chi connectivity index (χ0) is 16.3. The predicted molar refractivity (Wildman–Crippen MR) is 96.4 cm³/mol. The standard InChI is InChI=1S/C21H22N2O/c1-13-16-8-7-15(22-2)12-19(16)24-21-17-6-4-10-23-9-3-5-14(20(17)23)11-18(13)21/h7-8,11-12H,3-6,9-10H2,1-2H3/p+1. The second-order valence-electron chi connectivity index (χ2n) is 7.12. The SMILES string of the molecule is C[NH+]=c1ccc2c(C)c3cc4c5c(c3oc-2c1)CCCN5CCC4. The van der Waals surface area contributed by atoms with Crippen LogP contribution in [0.3, 0.4) is 0 Å². The van der Waals surface area contributed by atoms with Crippen molar-refractivity contribution < 1.29 is 9.41 Å². The van der Waals surface area contributed by atoms with Gasteiger partial charge in [-0.25, -0.2) is 4.99 Å². The third kappa shape index (κ3) is 1.87. The Kier molecular flexibility index (Phi) is 2.99. The van der Waals surface area contributed by atoms with E-state index in [1.54, 1.807) is 0 Å². The highest BCUT2D eigenvalue weighted by atomic mass is 16.3. The van der Waals surface area contributed by atoms with Gasteiger partial charge in [-0.3, -0.25) is 0 Å². The third-order valence-corrected chi connectivity index (χ3v) is 5.76. The van der Waals surface area contributed by atoms with Crippen molar-refractivity contribution in [3.8, 4) is 11.3 Å². The number of anilines is 1. The molecule has 0 saturated carbocycles. The van der Waals surface area contributed by atoms with Crippen LogP contribution in [0.1, 0.15) is 29.5 Å². The molecule has 122 valence electrons. The Morgan fingerprint density at radius 3 is 2.75 bits per heavy atom. The minimum absolute atomic E-state index is 0.982. The second-order valence-corrected chi connectivity index (χ2v) is 7.12. The maximum Gasteiger partial charge on any atom is 0.201 e. The predicted octanol–water partition coefficient (Wildman–Crippen LogP) is 2.16. The Morgan fingerprint density at radius 2 is 1.92 bits per heavy atom. The molecule has 4 aliphatic rings. The monoisotopic (exact) mass is 319 g/mol. The number of nitrogens with one attached hydrogen (secondary N) is 1. The first-order chi connectivity index (χ1) is 11.8. The van der Waals surface area contributed by atoms with Crippen molar-refractivity contribution >= 4 is 16.7 Å². The van der Waals surface area contributed by atoms with Gasteiger partial charge in [0.1, 0.15) is 18.4 Å². The van der Waals surface area contributed by atoms with Gasteiger partial charge in [0, 0.05) is 41.4 Å². The van der Waals surface area contributed by atoms with Gasteiger partial charge < -0.3 is 9.32 Å². The number of hydrogen-bond acceptors (Lipinski definition) is 2. The van der Waals surface area contributed by atoms with Crippen molar-refractivity contribution in [2.45, 2.75) is 32.6 Å². The van der Waals surface area contributed by atoms with Crippen LogP contribution in [0.5, 0.6) is 0 Å². The molecule has 3 heteroatoms. The van der Waals surface area contributed by atoms with Gasteiger partial charge >= 0.3 is 0 Å². The van der Waals surface area contributed by atoms with Gasteiger partial charge in [-0.15, -0.1) is 0 Å². The average molecular weight is 319 g/mol. The topological polar surface area (TPSA) is 30.4 Å². The molecule has 0 aromatic heterocycles. The van der Waals surface area contributed by atoms with Crippen LogP contribution in [0.15, 0.2) is 28.7 Å². The number of rotatable bonds is 0. The van der Waals surface area contributed by atoms with E-state index >= 15 is 0 Å². The fourth-order valence-corrected chi connectivity index (χ4v) is 4.55. The van der Waals surface area contributed by atoms with Gasteiger partial charge in [0.05, 0.1) is 6.07 Å². The first-order valence-electron chi connectivity index (χ1n) is 9.04. The Balaban J connectivity index is 1.93. The Bertz CT molecular complexity index is 997. The largest absolute Gasteiger partial charge is 0.455 e. The van der Waals surface area contributed by atoms with Crippen molar-refractivity contribution in [2.75, 3.05) is 25.0 Å². The normalized spacial score (nSPS) is 17.6. The number of aryl methyl sites for hydroxylation is 3. The number of hydrogen-bond donors (Lipinski definition) is 1. The maximum atomic E-state index is 6.47. The first kappa shape index (κ1) is 14.1. The fourth-order valence-electron chi connectivity index (χ4n) is 4.55. The Labute approximate surface area is 142 Å². The van der Waals surface area contributed by atoms with E-state index in [-0.39, 0.29) is 0 Å². The number of benzene rings is 2. The minimum Gasteiger partial charge on any atom is -0.455 e. The smallest absolute Gasteiger partial charge is 0.201 e. The summed E-state index contributed by atoms with van der Waals surface area (Å²) in [7, 11) is 1.95. The van der Waals surface area contributed by atoms with Crippen LogP contribution in [-0.4, -0.2) is 20.1 Å². The van der Waals surface area contributed by atoms with Crippen molar-refractivity contribution in [1.29, 1.82) is 0 Å². The van der Waals surface area contributed by atoms with E-state index in [4.69, 9.17) is 4.42 Å². The molecule has 0 saturated heterocycles. The lowest BCUT2D eigenvalue weighted by molar-refractivity contribution is -0.465. The van der Waals surface area contributed by atoms with E-state index in [1.807, 2.05) is 7.05 Å². The molecule has 24 heavy (non-hydrogen) atoms. The van der Waals surface area contributed by atoms with E-state index in [1.165, 1.54) is 65.7 Å². The summed E-state index contributed by atoms with van der Waals surface area (Å²) in [5.41, 5.74) is 8.11. The highest BCUT2D eigenvalue weighted by Gasteiger charge is 2.28. The molecule has 0 amide bonds. The summed E-state index contributed by atoms with van der Waals surface area (Å²) in [6.07, 6.45) is 4.84. The van der Waals surface area contributed by atoms with Gasteiger partial charge in [0.15, 0.2) is 0 Å². The lowest BCUT2D eigenvalue weighted by atomic mass is 9.88. The van der Waals surface area contributed by atoms with E-state index in [0.717, 1.165) is 23.1 Å². The van der Waals surface area contributed by atoms with Crippen LogP contribution < -0.4 is 15.2 Å². The van der Waals surface area contributed by atoms with Gasteiger partial charge in [0.25, 0.3) is 0 Å². The van der Waals surface area contributed by atoms with Crippen LogP contribution >= 0.6 is 0 Å². The van der Waals surface area contributed by atoms with E-state index < -0.39 is 0 Å². The van der Waals surface area contributed by atoms with Crippen molar-refractivity contribution in [3.63, 3.8) is 0 Å². The second kappa shape index (κ2) is 5.10. The molecular weight excluding hydrogens is 296 g/mol. The Hall–Kier alpha value is -2.29. The van der Waals surface area contributed by atoms with E-state index in [2.05, 4.69) is 41.1 Å². The highest BCUT2D eigenvalue weighted by molar-refractivity contribution is 5.94. The molecule has 0 atom stereocenters. The van der Waals surface area contributed by atoms with Gasteiger partial charge in [-0.2, -0.15) is 0 Å². The zero-order valence-corrected chi connectivity index (χ0v) is 14.4. The summed E-state index contributed by atoms with van der Waals surface area (Å²) in [6.45, 7) is 4.63. The molecule has 3 aliphatic heterocycles. The lowest BCUT2D eigenvalue weighted by Gasteiger charge is -2.37. The van der Waals surface area contributed by atoms with E-state index in [0.29, 0.717) is 0 Å². The summed E-state index contributed by atoms with van der Waals surface area (Å²) < 4.78 is 6.47. The zero-order valence-electron chi connectivity index (χ0n) is 14.4. The molecule has 0 fully saturated rings. The van der Waals surface area contributed by atoms with Crippen molar-refractivity contribution in [1.82, 2.24) is 0 Å². The molecule has 3 heterocycles. The van der Waals surface area contributed by atoms with Crippen LogP contribution in [-0.2, 0) is 12.8 Å². The van der Waals surface area contributed by atoms with Crippen LogP contribution in [0.4, 0.5) is 5.69 Å². The fraction of sp³-hybridized carbons (Fsp3) is 0.381. The molecular formula is C21H23N2O+. The van der Waals surface area contributed by atoms with Gasteiger partial charge in [0.2, 0.25) is 5.36 Å². The number of nitrogens with zero attached hydrogens (tertiary/aromatic N) is 1. The molecule has 0 unspecified atom stereocenters. The summed E-state index contributed by atoms with van der Waals surface area (Å²) in [6, 6.07) is 8.82. The lowest BCUT2D eigenvalue weighted by Crippen LogP contribution is -2.71. The summed E-state index contributed by atoms with van der Waals surface area (Å²) in [5, 5.41) is 2.40. The molecule has 5 rings (SSSR count). The van der Waals surface area contributed by atoms with Crippen LogP contribution in [0.25, 0.3) is 22.3 Å². The number of fused-ring (bicyclic) bond motifs is 3. The molecule has 0 radical (unpaired) electrons. The molecule has 1 N–H and O–H groups in total. The Morgan fingerprint density at radius 1 is 1.08 bits per heavy atom.